The number of rotatable bonds is 5. The highest BCUT2D eigenvalue weighted by Gasteiger charge is 2.23. The van der Waals surface area contributed by atoms with Crippen LogP contribution in [0.2, 0.25) is 0 Å². The van der Waals surface area contributed by atoms with E-state index in [9.17, 15) is 4.79 Å². The van der Waals surface area contributed by atoms with Crippen LogP contribution in [0.15, 0.2) is 47.6 Å². The Morgan fingerprint density at radius 3 is 2.80 bits per heavy atom. The number of hydrogen-bond donors (Lipinski definition) is 1. The molecule has 128 valence electrons. The smallest absolute Gasteiger partial charge is 0.230 e. The number of amides is 1. The number of aryl methyl sites for hydroxylation is 2. The fraction of sp³-hybridized carbons (Fsp3) is 0.300. The van der Waals surface area contributed by atoms with Crippen LogP contribution in [0.5, 0.6) is 0 Å². The molecule has 1 saturated carbocycles. The summed E-state index contributed by atoms with van der Waals surface area (Å²) in [6.45, 7) is 4.21. The molecule has 1 aromatic heterocycles. The first-order valence-corrected chi connectivity index (χ1v) is 9.57. The van der Waals surface area contributed by atoms with Gasteiger partial charge in [0.1, 0.15) is 0 Å². The topological polar surface area (TPSA) is 46.9 Å². The van der Waals surface area contributed by atoms with Gasteiger partial charge >= 0.3 is 0 Å². The van der Waals surface area contributed by atoms with Crippen molar-refractivity contribution in [3.05, 3.63) is 53.6 Å². The Hall–Kier alpha value is -2.27. The number of fused-ring (bicyclic) bond motifs is 1. The van der Waals surface area contributed by atoms with E-state index in [-0.39, 0.29) is 5.91 Å². The second-order valence-electron chi connectivity index (χ2n) is 6.64. The van der Waals surface area contributed by atoms with Gasteiger partial charge in [-0.05, 0) is 50.5 Å². The van der Waals surface area contributed by atoms with Gasteiger partial charge in [0.15, 0.2) is 5.16 Å². The van der Waals surface area contributed by atoms with Crippen LogP contribution in [0.4, 0.5) is 0 Å². The van der Waals surface area contributed by atoms with Gasteiger partial charge in [0.05, 0.1) is 22.5 Å². The largest absolute Gasteiger partial charge is 0.353 e. The van der Waals surface area contributed by atoms with E-state index < -0.39 is 0 Å². The summed E-state index contributed by atoms with van der Waals surface area (Å²) >= 11 is 1.50. The molecular weight excluding hydrogens is 330 g/mol. The number of imidazole rings is 1. The highest BCUT2D eigenvalue weighted by atomic mass is 32.2. The number of carbonyl (C=O) groups is 1. The molecular formula is C20H21N3OS. The Bertz CT molecular complexity index is 943. The molecule has 1 amide bonds. The maximum Gasteiger partial charge on any atom is 0.230 e. The number of hydrogen-bond acceptors (Lipinski definition) is 3. The number of carbonyl (C=O) groups excluding carboxylic acids is 1. The lowest BCUT2D eigenvalue weighted by Crippen LogP contribution is -2.27. The molecule has 0 aliphatic heterocycles. The zero-order valence-electron chi connectivity index (χ0n) is 14.5. The fourth-order valence-electron chi connectivity index (χ4n) is 3.02. The number of benzene rings is 2. The molecule has 1 heterocycles. The minimum atomic E-state index is 0.0896. The summed E-state index contributed by atoms with van der Waals surface area (Å²) in [5.41, 5.74) is 5.58. The summed E-state index contributed by atoms with van der Waals surface area (Å²) in [5, 5.41) is 3.90. The molecule has 0 bridgehead atoms. The number of nitrogens with zero attached hydrogens (tertiary/aromatic N) is 2. The molecule has 1 aliphatic rings. The molecule has 25 heavy (non-hydrogen) atoms. The van der Waals surface area contributed by atoms with Gasteiger partial charge in [-0.1, -0.05) is 41.6 Å². The fourth-order valence-corrected chi connectivity index (χ4v) is 3.85. The van der Waals surface area contributed by atoms with Crippen molar-refractivity contribution in [1.29, 1.82) is 0 Å². The first-order valence-electron chi connectivity index (χ1n) is 8.59. The van der Waals surface area contributed by atoms with Crippen molar-refractivity contribution in [2.75, 3.05) is 5.75 Å². The Morgan fingerprint density at radius 1 is 1.24 bits per heavy atom. The van der Waals surface area contributed by atoms with Crippen LogP contribution in [0.3, 0.4) is 0 Å². The quantitative estimate of drug-likeness (QED) is 0.707. The van der Waals surface area contributed by atoms with Gasteiger partial charge in [-0.2, -0.15) is 0 Å². The maximum atomic E-state index is 12.1. The van der Waals surface area contributed by atoms with Crippen LogP contribution in [0.25, 0.3) is 16.7 Å². The molecule has 3 aromatic rings. The summed E-state index contributed by atoms with van der Waals surface area (Å²) in [6.07, 6.45) is 2.22. The van der Waals surface area contributed by atoms with Crippen LogP contribution >= 0.6 is 11.8 Å². The minimum absolute atomic E-state index is 0.0896. The molecule has 5 heteroatoms. The summed E-state index contributed by atoms with van der Waals surface area (Å²) in [5.74, 6) is 0.483. The molecule has 0 radical (unpaired) electrons. The van der Waals surface area contributed by atoms with E-state index >= 15 is 0 Å². The lowest BCUT2D eigenvalue weighted by atomic mass is 10.1. The molecule has 4 rings (SSSR count). The summed E-state index contributed by atoms with van der Waals surface area (Å²) < 4.78 is 2.17. The Balaban J connectivity index is 1.71. The van der Waals surface area contributed by atoms with E-state index in [4.69, 9.17) is 4.98 Å². The van der Waals surface area contributed by atoms with Crippen molar-refractivity contribution < 1.29 is 4.79 Å². The van der Waals surface area contributed by atoms with E-state index in [0.29, 0.717) is 11.8 Å². The second-order valence-corrected chi connectivity index (χ2v) is 7.58. The predicted molar refractivity (Wildman–Crippen MR) is 102 cm³/mol. The number of para-hydroxylation sites is 2. The van der Waals surface area contributed by atoms with E-state index in [1.54, 1.807) is 0 Å². The van der Waals surface area contributed by atoms with E-state index in [0.717, 1.165) is 34.7 Å². The molecule has 2 aromatic carbocycles. The van der Waals surface area contributed by atoms with Gasteiger partial charge in [-0.15, -0.1) is 0 Å². The molecule has 1 aliphatic carbocycles. The third kappa shape index (κ3) is 3.42. The van der Waals surface area contributed by atoms with Crippen molar-refractivity contribution in [2.45, 2.75) is 37.9 Å². The Labute approximate surface area is 151 Å². The van der Waals surface area contributed by atoms with Crippen molar-refractivity contribution in [3.8, 4) is 5.69 Å². The van der Waals surface area contributed by atoms with Gasteiger partial charge in [0.25, 0.3) is 0 Å². The predicted octanol–water partition coefficient (Wildman–Crippen LogP) is 4.01. The minimum Gasteiger partial charge on any atom is -0.353 e. The van der Waals surface area contributed by atoms with Gasteiger partial charge in [0.2, 0.25) is 5.91 Å². The monoisotopic (exact) mass is 351 g/mol. The third-order valence-electron chi connectivity index (χ3n) is 4.40. The molecule has 0 unspecified atom stereocenters. The summed E-state index contributed by atoms with van der Waals surface area (Å²) in [4.78, 5) is 16.8. The summed E-state index contributed by atoms with van der Waals surface area (Å²) in [6, 6.07) is 14.9. The van der Waals surface area contributed by atoms with Crippen molar-refractivity contribution in [1.82, 2.24) is 14.9 Å². The van der Waals surface area contributed by atoms with Gasteiger partial charge in [-0.3, -0.25) is 9.36 Å². The number of aromatic nitrogens is 2. The van der Waals surface area contributed by atoms with Crippen LogP contribution in [-0.2, 0) is 4.79 Å². The highest BCUT2D eigenvalue weighted by Crippen LogP contribution is 2.30. The van der Waals surface area contributed by atoms with E-state index in [1.165, 1.54) is 22.9 Å². The lowest BCUT2D eigenvalue weighted by Gasteiger charge is -2.12. The van der Waals surface area contributed by atoms with Crippen LogP contribution in [-0.4, -0.2) is 27.3 Å². The Morgan fingerprint density at radius 2 is 2.04 bits per heavy atom. The molecule has 1 N–H and O–H groups in total. The standard InChI is InChI=1S/C20H21N3OS/c1-13-7-10-17(14(2)11-13)23-18-6-4-3-5-16(18)22-20(23)25-12-19(24)21-15-8-9-15/h3-7,10-11,15H,8-9,12H2,1-2H3,(H,21,24). The average Bonchev–Trinajstić information content (AvgIpc) is 3.32. The molecule has 0 spiro atoms. The van der Waals surface area contributed by atoms with Crippen LogP contribution < -0.4 is 5.32 Å². The molecule has 0 saturated heterocycles. The first-order chi connectivity index (χ1) is 12.1. The SMILES string of the molecule is Cc1ccc(-n2c(SCC(=O)NC3CC3)nc3ccccc32)c(C)c1. The molecule has 1 fully saturated rings. The van der Waals surface area contributed by atoms with Crippen LogP contribution in [0.1, 0.15) is 24.0 Å². The van der Waals surface area contributed by atoms with Gasteiger partial charge in [0, 0.05) is 6.04 Å². The zero-order chi connectivity index (χ0) is 17.4. The zero-order valence-corrected chi connectivity index (χ0v) is 15.3. The average molecular weight is 351 g/mol. The number of nitrogens with one attached hydrogen (secondary N) is 1. The third-order valence-corrected chi connectivity index (χ3v) is 5.34. The lowest BCUT2D eigenvalue weighted by molar-refractivity contribution is -0.118. The van der Waals surface area contributed by atoms with Crippen molar-refractivity contribution in [3.63, 3.8) is 0 Å². The van der Waals surface area contributed by atoms with E-state index in [2.05, 4.69) is 48.0 Å². The highest BCUT2D eigenvalue weighted by molar-refractivity contribution is 7.99. The molecule has 4 nitrogen and oxygen atoms in total. The summed E-state index contributed by atoms with van der Waals surface area (Å²) in [7, 11) is 0. The van der Waals surface area contributed by atoms with E-state index in [1.807, 2.05) is 18.2 Å². The van der Waals surface area contributed by atoms with Crippen molar-refractivity contribution in [2.24, 2.45) is 0 Å². The normalized spacial score (nSPS) is 14.0. The van der Waals surface area contributed by atoms with Gasteiger partial charge < -0.3 is 5.32 Å². The van der Waals surface area contributed by atoms with Crippen molar-refractivity contribution >= 4 is 28.7 Å². The van der Waals surface area contributed by atoms with Crippen LogP contribution in [0, 0.1) is 13.8 Å². The first kappa shape index (κ1) is 16.2. The van der Waals surface area contributed by atoms with Gasteiger partial charge in [-0.25, -0.2) is 4.98 Å². The second kappa shape index (κ2) is 6.56. The number of thioether (sulfide) groups is 1. The maximum absolute atomic E-state index is 12.1. The Kier molecular flexibility index (Phi) is 4.25. The molecule has 0 atom stereocenters.